The van der Waals surface area contributed by atoms with Gasteiger partial charge in [-0.2, -0.15) is 0 Å². The van der Waals surface area contributed by atoms with E-state index < -0.39 is 5.97 Å². The van der Waals surface area contributed by atoms with E-state index in [4.69, 9.17) is 27.9 Å². The number of aryl methyl sites for hydroxylation is 1. The van der Waals surface area contributed by atoms with Gasteiger partial charge in [0.2, 0.25) is 5.90 Å². The summed E-state index contributed by atoms with van der Waals surface area (Å²) < 4.78 is 5.32. The SMILES string of the molecule is CCCCCCc1ccc(C2=N/C(=C\c3ccc(Cl)cc3Cl)C(=O)O2)cc1. The molecule has 0 saturated carbocycles. The Morgan fingerprint density at radius 3 is 2.52 bits per heavy atom. The number of benzene rings is 2. The van der Waals surface area contributed by atoms with Gasteiger partial charge in [-0.1, -0.05) is 67.6 Å². The lowest BCUT2D eigenvalue weighted by Gasteiger charge is -2.03. The minimum Gasteiger partial charge on any atom is -0.402 e. The number of nitrogens with zero attached hydrogens (tertiary/aromatic N) is 1. The first-order valence-corrected chi connectivity index (χ1v) is 9.89. The van der Waals surface area contributed by atoms with Crippen LogP contribution in [0.4, 0.5) is 0 Å². The zero-order chi connectivity index (χ0) is 19.2. The number of ether oxygens (including phenoxy) is 1. The third-order valence-corrected chi connectivity index (χ3v) is 4.96. The number of halogens is 2. The highest BCUT2D eigenvalue weighted by molar-refractivity contribution is 6.35. The Labute approximate surface area is 169 Å². The van der Waals surface area contributed by atoms with Crippen molar-refractivity contribution in [2.45, 2.75) is 39.0 Å². The minimum absolute atomic E-state index is 0.220. The van der Waals surface area contributed by atoms with Gasteiger partial charge in [-0.15, -0.1) is 0 Å². The maximum Gasteiger partial charge on any atom is 0.363 e. The average Bonchev–Trinajstić information content (AvgIpc) is 3.02. The molecule has 0 amide bonds. The maximum atomic E-state index is 12.1. The highest BCUT2D eigenvalue weighted by atomic mass is 35.5. The van der Waals surface area contributed by atoms with Gasteiger partial charge in [-0.25, -0.2) is 9.79 Å². The summed E-state index contributed by atoms with van der Waals surface area (Å²) in [5.41, 5.74) is 2.95. The van der Waals surface area contributed by atoms with Crippen LogP contribution in [0.25, 0.3) is 6.08 Å². The van der Waals surface area contributed by atoms with E-state index in [1.807, 2.05) is 12.1 Å². The zero-order valence-electron chi connectivity index (χ0n) is 15.2. The number of carbonyl (C=O) groups excluding carboxylic acids is 1. The molecule has 0 atom stereocenters. The van der Waals surface area contributed by atoms with Crippen LogP contribution in [0.5, 0.6) is 0 Å². The number of aliphatic imine (C=N–C) groups is 1. The Balaban J connectivity index is 1.73. The molecule has 1 aliphatic rings. The standard InChI is InChI=1S/C22H21Cl2NO2/c1-2-3-4-5-6-15-7-9-16(10-8-15)21-25-20(22(26)27-21)13-17-11-12-18(23)14-19(17)24/h7-14H,2-6H2,1H3/b20-13-. The van der Waals surface area contributed by atoms with E-state index in [1.54, 1.807) is 24.3 Å². The number of rotatable bonds is 7. The zero-order valence-corrected chi connectivity index (χ0v) is 16.7. The molecule has 0 bridgehead atoms. The van der Waals surface area contributed by atoms with Gasteiger partial charge >= 0.3 is 5.97 Å². The predicted molar refractivity (Wildman–Crippen MR) is 111 cm³/mol. The summed E-state index contributed by atoms with van der Waals surface area (Å²) in [5, 5.41) is 0.994. The van der Waals surface area contributed by atoms with Crippen molar-refractivity contribution in [3.05, 3.63) is 74.9 Å². The molecule has 0 fully saturated rings. The molecule has 0 radical (unpaired) electrons. The van der Waals surface area contributed by atoms with Gasteiger partial charge in [0, 0.05) is 15.6 Å². The molecule has 2 aromatic rings. The fourth-order valence-corrected chi connectivity index (χ4v) is 3.33. The molecule has 0 unspecified atom stereocenters. The topological polar surface area (TPSA) is 38.7 Å². The lowest BCUT2D eigenvalue weighted by Crippen LogP contribution is -2.05. The maximum absolute atomic E-state index is 12.1. The second-order valence-electron chi connectivity index (χ2n) is 6.51. The first-order chi connectivity index (χ1) is 13.1. The largest absolute Gasteiger partial charge is 0.402 e. The van der Waals surface area contributed by atoms with Crippen LogP contribution in [0.3, 0.4) is 0 Å². The second kappa shape index (κ2) is 9.20. The first kappa shape index (κ1) is 19.7. The highest BCUT2D eigenvalue weighted by Gasteiger charge is 2.24. The van der Waals surface area contributed by atoms with Crippen LogP contribution >= 0.6 is 23.2 Å². The van der Waals surface area contributed by atoms with Crippen LogP contribution in [0.1, 0.15) is 49.3 Å². The monoisotopic (exact) mass is 401 g/mol. The summed E-state index contributed by atoms with van der Waals surface area (Å²) in [7, 11) is 0. The van der Waals surface area contributed by atoms with Crippen molar-refractivity contribution in [3.63, 3.8) is 0 Å². The second-order valence-corrected chi connectivity index (χ2v) is 7.35. The Bertz CT molecular complexity index is 886. The third kappa shape index (κ3) is 5.21. The lowest BCUT2D eigenvalue weighted by atomic mass is 10.0. The highest BCUT2D eigenvalue weighted by Crippen LogP contribution is 2.26. The first-order valence-electron chi connectivity index (χ1n) is 9.13. The quantitative estimate of drug-likeness (QED) is 0.303. The van der Waals surface area contributed by atoms with Crippen molar-refractivity contribution in [3.8, 4) is 0 Å². The summed E-state index contributed by atoms with van der Waals surface area (Å²) in [6.07, 6.45) is 7.63. The number of esters is 1. The van der Waals surface area contributed by atoms with Gasteiger partial charge in [-0.05, 0) is 54.3 Å². The van der Waals surface area contributed by atoms with Gasteiger partial charge in [-0.3, -0.25) is 0 Å². The van der Waals surface area contributed by atoms with Crippen molar-refractivity contribution in [2.75, 3.05) is 0 Å². The molecular weight excluding hydrogens is 381 g/mol. The summed E-state index contributed by atoms with van der Waals surface area (Å²) >= 11 is 12.1. The molecule has 1 aliphatic heterocycles. The van der Waals surface area contributed by atoms with Crippen LogP contribution in [-0.2, 0) is 16.0 Å². The predicted octanol–water partition coefficient (Wildman–Crippen LogP) is 6.46. The molecule has 0 N–H and O–H groups in total. The van der Waals surface area contributed by atoms with E-state index in [9.17, 15) is 4.79 Å². The molecule has 2 aromatic carbocycles. The Morgan fingerprint density at radius 2 is 1.81 bits per heavy atom. The molecule has 0 spiro atoms. The normalized spacial score (nSPS) is 15.1. The average molecular weight is 402 g/mol. The third-order valence-electron chi connectivity index (χ3n) is 4.40. The van der Waals surface area contributed by atoms with E-state index >= 15 is 0 Å². The van der Waals surface area contributed by atoms with E-state index in [2.05, 4.69) is 24.0 Å². The van der Waals surface area contributed by atoms with E-state index in [0.29, 0.717) is 21.5 Å². The van der Waals surface area contributed by atoms with Gasteiger partial charge in [0.15, 0.2) is 5.70 Å². The number of hydrogen-bond acceptors (Lipinski definition) is 3. The number of carbonyl (C=O) groups is 1. The van der Waals surface area contributed by atoms with Crippen LogP contribution < -0.4 is 0 Å². The van der Waals surface area contributed by atoms with Crippen LogP contribution in [-0.4, -0.2) is 11.9 Å². The van der Waals surface area contributed by atoms with Crippen molar-refractivity contribution < 1.29 is 9.53 Å². The van der Waals surface area contributed by atoms with Crippen molar-refractivity contribution in [1.82, 2.24) is 0 Å². The smallest absolute Gasteiger partial charge is 0.363 e. The lowest BCUT2D eigenvalue weighted by molar-refractivity contribution is -0.129. The van der Waals surface area contributed by atoms with Gasteiger partial charge in [0.25, 0.3) is 0 Å². The summed E-state index contributed by atoms with van der Waals surface area (Å²) in [6.45, 7) is 2.21. The van der Waals surface area contributed by atoms with Crippen LogP contribution in [0.15, 0.2) is 53.2 Å². The van der Waals surface area contributed by atoms with Crippen molar-refractivity contribution in [2.24, 2.45) is 4.99 Å². The summed E-state index contributed by atoms with van der Waals surface area (Å²) in [5.74, 6) is -0.173. The van der Waals surface area contributed by atoms with Gasteiger partial charge < -0.3 is 4.74 Å². The summed E-state index contributed by atoms with van der Waals surface area (Å²) in [4.78, 5) is 16.5. The Morgan fingerprint density at radius 1 is 1.04 bits per heavy atom. The fraction of sp³-hybridized carbons (Fsp3) is 0.273. The molecule has 0 aromatic heterocycles. The van der Waals surface area contributed by atoms with E-state index in [0.717, 1.165) is 12.0 Å². The fourth-order valence-electron chi connectivity index (χ4n) is 2.87. The molecule has 0 saturated heterocycles. The van der Waals surface area contributed by atoms with Crippen LogP contribution in [0.2, 0.25) is 10.0 Å². The molecule has 27 heavy (non-hydrogen) atoms. The van der Waals surface area contributed by atoms with Crippen molar-refractivity contribution >= 4 is 41.1 Å². The van der Waals surface area contributed by atoms with E-state index in [-0.39, 0.29) is 5.70 Å². The van der Waals surface area contributed by atoms with Gasteiger partial charge in [0.05, 0.1) is 0 Å². The van der Waals surface area contributed by atoms with Crippen LogP contribution in [0, 0.1) is 0 Å². The van der Waals surface area contributed by atoms with Crippen molar-refractivity contribution in [1.29, 1.82) is 0 Å². The van der Waals surface area contributed by atoms with E-state index in [1.165, 1.54) is 31.2 Å². The number of unbranched alkanes of at least 4 members (excludes halogenated alkanes) is 3. The molecule has 3 rings (SSSR count). The number of hydrogen-bond donors (Lipinski definition) is 0. The molecule has 0 aliphatic carbocycles. The Kier molecular flexibility index (Phi) is 6.70. The molecular formula is C22H21Cl2NO2. The van der Waals surface area contributed by atoms with Gasteiger partial charge in [0.1, 0.15) is 0 Å². The Hall–Kier alpha value is -2.10. The molecule has 3 nitrogen and oxygen atoms in total. The minimum atomic E-state index is -0.486. The number of cyclic esters (lactones) is 1. The summed E-state index contributed by atoms with van der Waals surface area (Å²) in [6, 6.07) is 13.1. The molecule has 5 heteroatoms. The molecule has 140 valence electrons. The molecule has 1 heterocycles.